The molecule has 3 saturated carbocycles. The second kappa shape index (κ2) is 4.56. The molecular formula is C21H20ClNO2. The first-order valence-electron chi connectivity index (χ1n) is 9.38. The molecule has 1 heterocycles. The highest BCUT2D eigenvalue weighted by Crippen LogP contribution is 2.70. The summed E-state index contributed by atoms with van der Waals surface area (Å²) in [6.07, 6.45) is 7.10. The molecule has 1 aromatic carbocycles. The van der Waals surface area contributed by atoms with Gasteiger partial charge in [-0.1, -0.05) is 23.8 Å². The number of aryl methyl sites for hydroxylation is 1. The van der Waals surface area contributed by atoms with Crippen LogP contribution in [0.15, 0.2) is 30.4 Å². The van der Waals surface area contributed by atoms with Crippen LogP contribution in [0, 0.1) is 54.3 Å². The number of halogens is 1. The number of anilines is 1. The number of allylic oxidation sites excluding steroid dienone is 2. The number of imide groups is 1. The molecule has 5 aliphatic rings. The lowest BCUT2D eigenvalue weighted by atomic mass is 9.65. The Hall–Kier alpha value is -1.61. The third-order valence-corrected chi connectivity index (χ3v) is 8.07. The molecule has 8 unspecified atom stereocenters. The fourth-order valence-corrected chi connectivity index (χ4v) is 7.45. The summed E-state index contributed by atoms with van der Waals surface area (Å²) in [5.74, 6) is 3.33. The Labute approximate surface area is 152 Å². The first-order valence-corrected chi connectivity index (χ1v) is 9.76. The van der Waals surface area contributed by atoms with Crippen LogP contribution >= 0.6 is 11.6 Å². The Balaban J connectivity index is 1.42. The van der Waals surface area contributed by atoms with Crippen LogP contribution in [0.1, 0.15) is 18.4 Å². The topological polar surface area (TPSA) is 37.4 Å². The van der Waals surface area contributed by atoms with Crippen molar-refractivity contribution in [2.45, 2.75) is 19.8 Å². The van der Waals surface area contributed by atoms with Gasteiger partial charge in [-0.2, -0.15) is 0 Å². The first-order chi connectivity index (χ1) is 12.1. The number of amides is 2. The number of benzene rings is 1. The van der Waals surface area contributed by atoms with Gasteiger partial charge in [-0.3, -0.25) is 9.59 Å². The zero-order valence-corrected chi connectivity index (χ0v) is 14.8. The van der Waals surface area contributed by atoms with Gasteiger partial charge < -0.3 is 0 Å². The molecule has 8 atom stereocenters. The molecule has 4 bridgehead atoms. The van der Waals surface area contributed by atoms with E-state index in [1.807, 2.05) is 19.1 Å². The minimum Gasteiger partial charge on any atom is -0.274 e. The molecule has 4 aliphatic carbocycles. The van der Waals surface area contributed by atoms with E-state index >= 15 is 0 Å². The number of hydrogen-bond donors (Lipinski definition) is 0. The van der Waals surface area contributed by atoms with Crippen LogP contribution in [-0.2, 0) is 9.59 Å². The van der Waals surface area contributed by atoms with E-state index in [1.54, 1.807) is 6.07 Å². The Kier molecular flexibility index (Phi) is 2.65. The summed E-state index contributed by atoms with van der Waals surface area (Å²) >= 11 is 6.06. The average Bonchev–Trinajstić information content (AvgIpc) is 3.35. The van der Waals surface area contributed by atoms with E-state index in [1.165, 1.54) is 11.3 Å². The summed E-state index contributed by atoms with van der Waals surface area (Å²) in [6.45, 7) is 1.92. The Morgan fingerprint density at radius 2 is 1.56 bits per heavy atom. The molecule has 6 rings (SSSR count). The minimum absolute atomic E-state index is 0.0399. The van der Waals surface area contributed by atoms with Crippen molar-refractivity contribution in [1.82, 2.24) is 0 Å². The maximum Gasteiger partial charge on any atom is 0.237 e. The van der Waals surface area contributed by atoms with E-state index in [-0.39, 0.29) is 23.7 Å². The fourth-order valence-electron chi connectivity index (χ4n) is 7.23. The van der Waals surface area contributed by atoms with E-state index < -0.39 is 0 Å². The maximum atomic E-state index is 13.3. The van der Waals surface area contributed by atoms with Gasteiger partial charge in [0.1, 0.15) is 0 Å². The lowest BCUT2D eigenvalue weighted by Gasteiger charge is -2.36. The lowest BCUT2D eigenvalue weighted by Crippen LogP contribution is -2.38. The van der Waals surface area contributed by atoms with E-state index in [4.69, 9.17) is 11.6 Å². The summed E-state index contributed by atoms with van der Waals surface area (Å²) in [6, 6.07) is 5.42. The lowest BCUT2D eigenvalue weighted by molar-refractivity contribution is -0.123. The van der Waals surface area contributed by atoms with Gasteiger partial charge in [0.25, 0.3) is 0 Å². The van der Waals surface area contributed by atoms with Crippen molar-refractivity contribution < 1.29 is 9.59 Å². The first kappa shape index (κ1) is 14.5. The monoisotopic (exact) mass is 353 g/mol. The molecule has 128 valence electrons. The van der Waals surface area contributed by atoms with Crippen LogP contribution in [0.3, 0.4) is 0 Å². The number of carbonyl (C=O) groups is 2. The van der Waals surface area contributed by atoms with Crippen molar-refractivity contribution in [1.29, 1.82) is 0 Å². The molecule has 0 radical (unpaired) electrons. The second-order valence-corrected chi connectivity index (χ2v) is 9.10. The van der Waals surface area contributed by atoms with Crippen molar-refractivity contribution >= 4 is 29.1 Å². The van der Waals surface area contributed by atoms with E-state index in [9.17, 15) is 9.59 Å². The summed E-state index contributed by atoms with van der Waals surface area (Å²) < 4.78 is 0. The van der Waals surface area contributed by atoms with Gasteiger partial charge >= 0.3 is 0 Å². The highest BCUT2D eigenvalue weighted by atomic mass is 35.5. The van der Waals surface area contributed by atoms with Gasteiger partial charge in [0.2, 0.25) is 11.8 Å². The molecule has 2 amide bonds. The van der Waals surface area contributed by atoms with Crippen molar-refractivity contribution in [3.8, 4) is 0 Å². The summed E-state index contributed by atoms with van der Waals surface area (Å²) in [5.41, 5.74) is 1.61. The second-order valence-electron chi connectivity index (χ2n) is 8.66. The number of carbonyl (C=O) groups excluding carboxylic acids is 2. The molecule has 0 spiro atoms. The Morgan fingerprint density at radius 3 is 2.12 bits per heavy atom. The number of nitrogens with zero attached hydrogens (tertiary/aromatic N) is 1. The van der Waals surface area contributed by atoms with Crippen LogP contribution in [0.5, 0.6) is 0 Å². The Bertz CT molecular complexity index is 819. The standard InChI is InChI=1S/C21H20ClNO2/c1-9-6-12(22)4-5-15(9)23-20(24)18-13-8-14(19(18)21(23)25)17-11-3-2-10(7-11)16(13)17/h2-6,10-11,13-14,16-19H,7-8H2,1H3. The van der Waals surface area contributed by atoms with Gasteiger partial charge in [-0.05, 0) is 79.0 Å². The van der Waals surface area contributed by atoms with Crippen molar-refractivity contribution in [2.24, 2.45) is 47.3 Å². The molecule has 1 aliphatic heterocycles. The number of rotatable bonds is 1. The highest BCUT2D eigenvalue weighted by Gasteiger charge is 2.71. The quantitative estimate of drug-likeness (QED) is 0.437. The molecule has 1 aromatic rings. The van der Waals surface area contributed by atoms with Crippen LogP contribution < -0.4 is 4.90 Å². The van der Waals surface area contributed by atoms with Crippen LogP contribution in [0.4, 0.5) is 5.69 Å². The van der Waals surface area contributed by atoms with Gasteiger partial charge in [0, 0.05) is 5.02 Å². The largest absolute Gasteiger partial charge is 0.274 e. The van der Waals surface area contributed by atoms with Crippen molar-refractivity contribution in [2.75, 3.05) is 4.90 Å². The van der Waals surface area contributed by atoms with Crippen LogP contribution in [-0.4, -0.2) is 11.8 Å². The number of fused-ring (bicyclic) bond motifs is 12. The molecular weight excluding hydrogens is 334 g/mol. The molecule has 0 N–H and O–H groups in total. The molecule has 4 fully saturated rings. The summed E-state index contributed by atoms with van der Waals surface area (Å²) in [7, 11) is 0. The van der Waals surface area contributed by atoms with Crippen LogP contribution in [0.25, 0.3) is 0 Å². The highest BCUT2D eigenvalue weighted by molar-refractivity contribution is 6.31. The molecule has 4 heteroatoms. The van der Waals surface area contributed by atoms with Gasteiger partial charge in [-0.25, -0.2) is 4.90 Å². The fraction of sp³-hybridized carbons (Fsp3) is 0.524. The molecule has 25 heavy (non-hydrogen) atoms. The van der Waals surface area contributed by atoms with E-state index in [0.29, 0.717) is 40.5 Å². The predicted molar refractivity (Wildman–Crippen MR) is 95.0 cm³/mol. The zero-order valence-electron chi connectivity index (χ0n) is 14.1. The van der Waals surface area contributed by atoms with Gasteiger partial charge in [0.15, 0.2) is 0 Å². The minimum atomic E-state index is -0.0819. The van der Waals surface area contributed by atoms with Crippen LogP contribution in [0.2, 0.25) is 5.02 Å². The van der Waals surface area contributed by atoms with Gasteiger partial charge in [-0.15, -0.1) is 0 Å². The van der Waals surface area contributed by atoms with E-state index in [2.05, 4.69) is 12.2 Å². The normalized spacial score (nSPS) is 45.6. The average molecular weight is 354 g/mol. The third kappa shape index (κ3) is 1.60. The van der Waals surface area contributed by atoms with Gasteiger partial charge in [0.05, 0.1) is 17.5 Å². The third-order valence-electron chi connectivity index (χ3n) is 7.84. The molecule has 0 aromatic heterocycles. The van der Waals surface area contributed by atoms with Crippen molar-refractivity contribution in [3.63, 3.8) is 0 Å². The van der Waals surface area contributed by atoms with E-state index in [0.717, 1.165) is 17.7 Å². The SMILES string of the molecule is Cc1cc(Cl)ccc1N1C(=O)C2C3CC(C2C1=O)C1C2C=CC(C2)C31. The smallest absolute Gasteiger partial charge is 0.237 e. The number of hydrogen-bond acceptors (Lipinski definition) is 2. The summed E-state index contributed by atoms with van der Waals surface area (Å²) in [5, 5.41) is 0.637. The Morgan fingerprint density at radius 1 is 0.960 bits per heavy atom. The zero-order chi connectivity index (χ0) is 17.0. The predicted octanol–water partition coefficient (Wildman–Crippen LogP) is 3.84. The van der Waals surface area contributed by atoms with Crippen molar-refractivity contribution in [3.05, 3.63) is 40.9 Å². The summed E-state index contributed by atoms with van der Waals surface area (Å²) in [4.78, 5) is 28.0. The molecule has 3 nitrogen and oxygen atoms in total. The molecule has 1 saturated heterocycles. The maximum absolute atomic E-state index is 13.3.